The molecule has 0 aromatic heterocycles. The first-order chi connectivity index (χ1) is 9.61. The summed E-state index contributed by atoms with van der Waals surface area (Å²) in [5.41, 5.74) is 2.63. The van der Waals surface area contributed by atoms with Crippen LogP contribution in [-0.4, -0.2) is 50.2 Å². The van der Waals surface area contributed by atoms with Gasteiger partial charge in [0.1, 0.15) is 0 Å². The van der Waals surface area contributed by atoms with Crippen molar-refractivity contribution >= 4 is 17.6 Å². The number of hydrogen-bond acceptors (Lipinski definition) is 5. The molecule has 0 radical (unpaired) electrons. The van der Waals surface area contributed by atoms with Crippen molar-refractivity contribution in [3.63, 3.8) is 0 Å². The molecule has 1 saturated heterocycles. The van der Waals surface area contributed by atoms with E-state index in [-0.39, 0.29) is 11.9 Å². The normalized spacial score (nSPS) is 14.8. The average Bonchev–Trinajstić information content (AvgIpc) is 2.47. The van der Waals surface area contributed by atoms with E-state index in [1.54, 1.807) is 4.90 Å². The van der Waals surface area contributed by atoms with E-state index in [2.05, 4.69) is 5.32 Å². The van der Waals surface area contributed by atoms with E-state index >= 15 is 0 Å². The van der Waals surface area contributed by atoms with Gasteiger partial charge in [0.25, 0.3) is 6.02 Å². The first-order valence-electron chi connectivity index (χ1n) is 6.58. The minimum Gasteiger partial charge on any atom is -0.407 e. The van der Waals surface area contributed by atoms with Crippen LogP contribution in [0.3, 0.4) is 0 Å². The van der Waals surface area contributed by atoms with Crippen molar-refractivity contribution in [2.24, 2.45) is 0 Å². The lowest BCUT2D eigenvalue weighted by Gasteiger charge is -2.28. The molecule has 108 valence electrons. The van der Waals surface area contributed by atoms with Gasteiger partial charge in [0.15, 0.2) is 0 Å². The van der Waals surface area contributed by atoms with Crippen LogP contribution in [0.2, 0.25) is 0 Å². The highest BCUT2D eigenvalue weighted by atomic mass is 16.5. The lowest BCUT2D eigenvalue weighted by Crippen LogP contribution is -2.42. The molecule has 1 aromatic carbocycles. The summed E-state index contributed by atoms with van der Waals surface area (Å²) in [6, 6.07) is 5.68. The van der Waals surface area contributed by atoms with Crippen LogP contribution in [0.15, 0.2) is 18.2 Å². The number of ether oxygens (including phenoxy) is 2. The molecule has 3 N–H and O–H groups in total. The van der Waals surface area contributed by atoms with Crippen LogP contribution in [0.4, 0.5) is 5.69 Å². The molecule has 1 aliphatic heterocycles. The molecule has 0 atom stereocenters. The second-order valence-corrected chi connectivity index (χ2v) is 4.62. The Hall–Kier alpha value is -2.08. The van der Waals surface area contributed by atoms with Crippen molar-refractivity contribution in [3.8, 4) is 0 Å². The summed E-state index contributed by atoms with van der Waals surface area (Å²) >= 11 is 0. The van der Waals surface area contributed by atoms with Gasteiger partial charge < -0.3 is 19.7 Å². The van der Waals surface area contributed by atoms with Crippen LogP contribution in [0.5, 0.6) is 0 Å². The largest absolute Gasteiger partial charge is 0.407 e. The fourth-order valence-electron chi connectivity index (χ4n) is 2.06. The Morgan fingerprint density at radius 3 is 2.60 bits per heavy atom. The zero-order valence-corrected chi connectivity index (χ0v) is 11.8. The van der Waals surface area contributed by atoms with E-state index in [9.17, 15) is 0 Å². The quantitative estimate of drug-likeness (QED) is 0.566. The number of benzene rings is 1. The molecule has 1 aliphatic rings. The van der Waals surface area contributed by atoms with Gasteiger partial charge in [-0.2, -0.15) is 0 Å². The summed E-state index contributed by atoms with van der Waals surface area (Å²) in [6.45, 7) is 4.37. The third kappa shape index (κ3) is 3.27. The number of rotatable bonds is 2. The number of amidine groups is 1. The highest BCUT2D eigenvalue weighted by Gasteiger charge is 2.18. The van der Waals surface area contributed by atoms with Crippen molar-refractivity contribution in [3.05, 3.63) is 29.3 Å². The third-order valence-electron chi connectivity index (χ3n) is 3.26. The number of anilines is 1. The lowest BCUT2D eigenvalue weighted by molar-refractivity contribution is 0.0605. The Kier molecular flexibility index (Phi) is 4.57. The molecule has 1 heterocycles. The second kappa shape index (κ2) is 6.38. The molecule has 20 heavy (non-hydrogen) atoms. The zero-order valence-electron chi connectivity index (χ0n) is 11.8. The highest BCUT2D eigenvalue weighted by molar-refractivity contribution is 6.00. The molecule has 0 amide bonds. The van der Waals surface area contributed by atoms with Gasteiger partial charge in [0, 0.05) is 31.4 Å². The minimum absolute atomic E-state index is 0.00152. The topological polar surface area (TPSA) is 81.4 Å². The zero-order chi connectivity index (χ0) is 14.5. The van der Waals surface area contributed by atoms with Crippen molar-refractivity contribution in [1.29, 1.82) is 10.8 Å². The van der Waals surface area contributed by atoms with E-state index in [1.165, 1.54) is 0 Å². The Morgan fingerprint density at radius 2 is 2.00 bits per heavy atom. The SMILES string of the molecule is CNc1ccc(C(=N)OC(=N)N2CCOCC2)c(C)c1. The molecular formula is C14H20N4O2. The summed E-state index contributed by atoms with van der Waals surface area (Å²) in [5.74, 6) is 0.00152. The fourth-order valence-corrected chi connectivity index (χ4v) is 2.06. The Balaban J connectivity index is 2.02. The van der Waals surface area contributed by atoms with Crippen molar-refractivity contribution in [2.75, 3.05) is 38.7 Å². The Labute approximate surface area is 118 Å². The smallest absolute Gasteiger partial charge is 0.291 e. The highest BCUT2D eigenvalue weighted by Crippen LogP contribution is 2.16. The van der Waals surface area contributed by atoms with Gasteiger partial charge in [-0.3, -0.25) is 10.8 Å². The van der Waals surface area contributed by atoms with Crippen LogP contribution >= 0.6 is 0 Å². The van der Waals surface area contributed by atoms with E-state index in [0.717, 1.165) is 11.3 Å². The maximum Gasteiger partial charge on any atom is 0.291 e. The summed E-state index contributed by atoms with van der Waals surface area (Å²) in [6.07, 6.45) is 0. The summed E-state index contributed by atoms with van der Waals surface area (Å²) in [5, 5.41) is 19.0. The fraction of sp³-hybridized carbons (Fsp3) is 0.429. The molecule has 0 aliphatic carbocycles. The van der Waals surface area contributed by atoms with Gasteiger partial charge in [0.05, 0.1) is 13.2 Å². The maximum atomic E-state index is 8.01. The van der Waals surface area contributed by atoms with Gasteiger partial charge in [-0.1, -0.05) is 0 Å². The summed E-state index contributed by atoms with van der Waals surface area (Å²) < 4.78 is 10.6. The van der Waals surface area contributed by atoms with E-state index in [0.29, 0.717) is 31.9 Å². The Morgan fingerprint density at radius 1 is 1.30 bits per heavy atom. The van der Waals surface area contributed by atoms with Crippen LogP contribution in [0.1, 0.15) is 11.1 Å². The van der Waals surface area contributed by atoms with Crippen LogP contribution < -0.4 is 5.32 Å². The van der Waals surface area contributed by atoms with E-state index < -0.39 is 0 Å². The van der Waals surface area contributed by atoms with Crippen LogP contribution in [-0.2, 0) is 9.47 Å². The predicted octanol–water partition coefficient (Wildman–Crippen LogP) is 1.65. The van der Waals surface area contributed by atoms with Crippen molar-refractivity contribution in [2.45, 2.75) is 6.92 Å². The summed E-state index contributed by atoms with van der Waals surface area (Å²) in [7, 11) is 1.85. The molecule has 6 heteroatoms. The number of nitrogens with one attached hydrogen (secondary N) is 3. The number of aryl methyl sites for hydroxylation is 1. The van der Waals surface area contributed by atoms with E-state index in [1.807, 2.05) is 32.2 Å². The molecule has 1 fully saturated rings. The molecular weight excluding hydrogens is 256 g/mol. The number of morpholine rings is 1. The van der Waals surface area contributed by atoms with Crippen LogP contribution in [0.25, 0.3) is 0 Å². The maximum absolute atomic E-state index is 8.01. The van der Waals surface area contributed by atoms with Gasteiger partial charge in [0.2, 0.25) is 5.90 Å². The summed E-state index contributed by atoms with van der Waals surface area (Å²) in [4.78, 5) is 1.77. The number of hydrogen-bond donors (Lipinski definition) is 3. The molecule has 2 rings (SSSR count). The monoisotopic (exact) mass is 276 g/mol. The Bertz CT molecular complexity index is 510. The van der Waals surface area contributed by atoms with Crippen LogP contribution in [0, 0.1) is 17.7 Å². The molecule has 0 spiro atoms. The number of nitrogens with zero attached hydrogens (tertiary/aromatic N) is 1. The third-order valence-corrected chi connectivity index (χ3v) is 3.26. The van der Waals surface area contributed by atoms with Crippen molar-refractivity contribution in [1.82, 2.24) is 4.90 Å². The predicted molar refractivity (Wildman–Crippen MR) is 78.8 cm³/mol. The van der Waals surface area contributed by atoms with Gasteiger partial charge in [-0.25, -0.2) is 0 Å². The lowest BCUT2D eigenvalue weighted by atomic mass is 10.1. The standard InChI is InChI=1S/C14H20N4O2/c1-10-9-11(17-2)3-4-12(10)13(15)20-14(16)18-5-7-19-8-6-18/h3-4,9,15-17H,5-8H2,1-2H3. The van der Waals surface area contributed by atoms with Gasteiger partial charge in [-0.15, -0.1) is 0 Å². The first kappa shape index (κ1) is 14.3. The molecule has 0 unspecified atom stereocenters. The molecule has 0 saturated carbocycles. The molecule has 6 nitrogen and oxygen atoms in total. The van der Waals surface area contributed by atoms with Crippen molar-refractivity contribution < 1.29 is 9.47 Å². The van der Waals surface area contributed by atoms with Gasteiger partial charge in [-0.05, 0) is 30.7 Å². The second-order valence-electron chi connectivity index (χ2n) is 4.62. The minimum atomic E-state index is 0.00152. The first-order valence-corrected chi connectivity index (χ1v) is 6.58. The van der Waals surface area contributed by atoms with Gasteiger partial charge >= 0.3 is 0 Å². The van der Waals surface area contributed by atoms with E-state index in [4.69, 9.17) is 20.3 Å². The molecule has 1 aromatic rings. The average molecular weight is 276 g/mol. The molecule has 0 bridgehead atoms.